The van der Waals surface area contributed by atoms with Crippen molar-refractivity contribution in [2.45, 2.75) is 38.4 Å². The molecule has 1 atom stereocenters. The van der Waals surface area contributed by atoms with Crippen molar-refractivity contribution < 1.29 is 4.79 Å². The van der Waals surface area contributed by atoms with Gasteiger partial charge in [0.05, 0.1) is 24.0 Å². The Bertz CT molecular complexity index is 703. The molecule has 1 amide bonds. The number of nitrogens with two attached hydrogens (primary N) is 1. The molecule has 1 fully saturated rings. The normalized spacial score (nSPS) is 21.4. The zero-order valence-corrected chi connectivity index (χ0v) is 12.5. The summed E-state index contributed by atoms with van der Waals surface area (Å²) < 4.78 is 4.01. The number of aryl methyl sites for hydroxylation is 1. The number of primary amides is 1. The summed E-state index contributed by atoms with van der Waals surface area (Å²) in [6.07, 6.45) is 8.73. The minimum Gasteiger partial charge on any atom is -0.366 e. The molecule has 0 spiro atoms. The van der Waals surface area contributed by atoms with Gasteiger partial charge in [-0.3, -0.25) is 19.1 Å². The lowest BCUT2D eigenvalue weighted by Gasteiger charge is -2.16. The molecule has 2 aliphatic heterocycles. The predicted octanol–water partition coefficient (Wildman–Crippen LogP) is 0.572. The van der Waals surface area contributed by atoms with Crippen LogP contribution in [0.25, 0.3) is 0 Å². The first-order valence-electron chi connectivity index (χ1n) is 7.80. The lowest BCUT2D eigenvalue weighted by Crippen LogP contribution is -2.21. The summed E-state index contributed by atoms with van der Waals surface area (Å²) in [6.45, 7) is 4.00. The van der Waals surface area contributed by atoms with Crippen LogP contribution in [0.5, 0.6) is 0 Å². The van der Waals surface area contributed by atoms with E-state index in [0.29, 0.717) is 11.6 Å². The third-order valence-electron chi connectivity index (χ3n) is 4.72. The lowest BCUT2D eigenvalue weighted by atomic mass is 10.2. The van der Waals surface area contributed by atoms with Gasteiger partial charge in [0.15, 0.2) is 0 Å². The number of carbonyl (C=O) groups excluding carboxylic acids is 1. The predicted molar refractivity (Wildman–Crippen MR) is 80.2 cm³/mol. The van der Waals surface area contributed by atoms with Gasteiger partial charge < -0.3 is 5.73 Å². The number of nitrogens with zero attached hydrogens (tertiary/aromatic N) is 5. The fourth-order valence-corrected chi connectivity index (χ4v) is 3.54. The number of hydrogen-bond acceptors (Lipinski definition) is 4. The van der Waals surface area contributed by atoms with Crippen LogP contribution in [-0.2, 0) is 19.5 Å². The topological polar surface area (TPSA) is 82.0 Å². The van der Waals surface area contributed by atoms with E-state index in [-0.39, 0.29) is 0 Å². The molecule has 22 heavy (non-hydrogen) atoms. The highest BCUT2D eigenvalue weighted by Gasteiger charge is 2.26. The molecule has 2 aromatic heterocycles. The second-order valence-corrected chi connectivity index (χ2v) is 6.19. The van der Waals surface area contributed by atoms with Crippen LogP contribution in [0, 0.1) is 0 Å². The lowest BCUT2D eigenvalue weighted by molar-refractivity contribution is 0.1000. The van der Waals surface area contributed by atoms with Crippen molar-refractivity contribution in [1.82, 2.24) is 24.5 Å². The van der Waals surface area contributed by atoms with Gasteiger partial charge in [0, 0.05) is 43.6 Å². The smallest absolute Gasteiger partial charge is 0.251 e. The first-order valence-corrected chi connectivity index (χ1v) is 7.80. The molecule has 4 rings (SSSR count). The number of likely N-dealkylation sites (tertiary alicyclic amines) is 1. The van der Waals surface area contributed by atoms with Crippen molar-refractivity contribution in [3.05, 3.63) is 35.4 Å². The fourth-order valence-electron chi connectivity index (χ4n) is 3.54. The summed E-state index contributed by atoms with van der Waals surface area (Å²) in [7, 11) is 0. The van der Waals surface area contributed by atoms with E-state index in [1.165, 1.54) is 17.7 Å². The van der Waals surface area contributed by atoms with Crippen molar-refractivity contribution in [3.8, 4) is 0 Å². The zero-order chi connectivity index (χ0) is 15.1. The Labute approximate surface area is 128 Å². The second kappa shape index (κ2) is 5.24. The van der Waals surface area contributed by atoms with Gasteiger partial charge >= 0.3 is 0 Å². The molecule has 0 aromatic carbocycles. The highest BCUT2D eigenvalue weighted by atomic mass is 16.1. The van der Waals surface area contributed by atoms with E-state index < -0.39 is 5.91 Å². The van der Waals surface area contributed by atoms with Crippen LogP contribution in [0.3, 0.4) is 0 Å². The maximum absolute atomic E-state index is 11.2. The maximum atomic E-state index is 11.2. The van der Waals surface area contributed by atoms with Gasteiger partial charge in [-0.1, -0.05) is 0 Å². The Morgan fingerprint density at radius 3 is 3.05 bits per heavy atom. The average Bonchev–Trinajstić information content (AvgIpc) is 3.24. The quantitative estimate of drug-likeness (QED) is 0.895. The Morgan fingerprint density at radius 2 is 2.23 bits per heavy atom. The third kappa shape index (κ3) is 2.31. The molecule has 4 heterocycles. The number of amides is 1. The van der Waals surface area contributed by atoms with Gasteiger partial charge in [-0.25, -0.2) is 0 Å². The minimum absolute atomic E-state index is 0.316. The highest BCUT2D eigenvalue weighted by Crippen LogP contribution is 2.25. The van der Waals surface area contributed by atoms with Crippen LogP contribution in [0.2, 0.25) is 0 Å². The van der Waals surface area contributed by atoms with Crippen molar-refractivity contribution in [3.63, 3.8) is 0 Å². The van der Waals surface area contributed by atoms with Crippen LogP contribution >= 0.6 is 0 Å². The summed E-state index contributed by atoms with van der Waals surface area (Å²) in [6, 6.07) is 0.316. The number of fused-ring (bicyclic) bond motifs is 1. The molecular formula is C15H20N6O. The first kappa shape index (κ1) is 13.5. The molecule has 7 heteroatoms. The summed E-state index contributed by atoms with van der Waals surface area (Å²) >= 11 is 0. The van der Waals surface area contributed by atoms with Crippen LogP contribution in [0.4, 0.5) is 0 Å². The molecule has 1 saturated heterocycles. The Balaban J connectivity index is 1.42. The van der Waals surface area contributed by atoms with Crippen molar-refractivity contribution in [1.29, 1.82) is 0 Å². The van der Waals surface area contributed by atoms with Crippen LogP contribution in [0.15, 0.2) is 18.6 Å². The number of rotatable bonds is 4. The van der Waals surface area contributed by atoms with E-state index in [1.54, 1.807) is 12.4 Å². The molecule has 2 N–H and O–H groups in total. The maximum Gasteiger partial charge on any atom is 0.251 e. The third-order valence-corrected chi connectivity index (χ3v) is 4.72. The van der Waals surface area contributed by atoms with E-state index in [1.807, 2.05) is 10.9 Å². The van der Waals surface area contributed by atoms with E-state index >= 15 is 0 Å². The standard InChI is InChI=1S/C15H20N6O/c16-15(22)12-7-18-21(9-12)13-3-5-19(10-13)8-11-6-17-20-4-1-2-14(11)20/h6-7,9,13H,1-5,8,10H2,(H2,16,22). The number of carbonyl (C=O) groups is 1. The Kier molecular flexibility index (Phi) is 3.22. The Hall–Kier alpha value is -2.15. The van der Waals surface area contributed by atoms with E-state index in [9.17, 15) is 4.79 Å². The van der Waals surface area contributed by atoms with E-state index in [0.717, 1.165) is 39.0 Å². The molecule has 2 aromatic rings. The van der Waals surface area contributed by atoms with Crippen molar-refractivity contribution in [2.24, 2.45) is 5.73 Å². The highest BCUT2D eigenvalue weighted by molar-refractivity contribution is 5.92. The molecule has 1 unspecified atom stereocenters. The van der Waals surface area contributed by atoms with Crippen LogP contribution in [0.1, 0.15) is 40.5 Å². The van der Waals surface area contributed by atoms with E-state index in [2.05, 4.69) is 19.8 Å². The monoisotopic (exact) mass is 300 g/mol. The van der Waals surface area contributed by atoms with E-state index in [4.69, 9.17) is 5.73 Å². The van der Waals surface area contributed by atoms with Crippen LogP contribution < -0.4 is 5.73 Å². The SMILES string of the molecule is NC(=O)c1cnn(C2CCN(Cc3cnn4c3CCC4)C2)c1. The molecule has 0 aliphatic carbocycles. The molecule has 116 valence electrons. The summed E-state index contributed by atoms with van der Waals surface area (Å²) in [5.74, 6) is -0.420. The fraction of sp³-hybridized carbons (Fsp3) is 0.533. The number of aromatic nitrogens is 4. The van der Waals surface area contributed by atoms with Gasteiger partial charge in [0.25, 0.3) is 5.91 Å². The first-order chi connectivity index (χ1) is 10.7. The zero-order valence-electron chi connectivity index (χ0n) is 12.5. The molecule has 7 nitrogen and oxygen atoms in total. The average molecular weight is 300 g/mol. The van der Waals surface area contributed by atoms with Gasteiger partial charge in [0.1, 0.15) is 0 Å². The van der Waals surface area contributed by atoms with Crippen LogP contribution in [-0.4, -0.2) is 43.5 Å². The molecule has 2 aliphatic rings. The van der Waals surface area contributed by atoms with Gasteiger partial charge in [0.2, 0.25) is 0 Å². The molecule has 0 radical (unpaired) electrons. The van der Waals surface area contributed by atoms with Crippen molar-refractivity contribution >= 4 is 5.91 Å². The largest absolute Gasteiger partial charge is 0.366 e. The van der Waals surface area contributed by atoms with Gasteiger partial charge in [-0.05, 0) is 19.3 Å². The summed E-state index contributed by atoms with van der Waals surface area (Å²) in [4.78, 5) is 13.6. The van der Waals surface area contributed by atoms with Gasteiger partial charge in [-0.2, -0.15) is 10.2 Å². The summed E-state index contributed by atoms with van der Waals surface area (Å²) in [5.41, 5.74) is 8.52. The van der Waals surface area contributed by atoms with Gasteiger partial charge in [-0.15, -0.1) is 0 Å². The Morgan fingerprint density at radius 1 is 1.32 bits per heavy atom. The second-order valence-electron chi connectivity index (χ2n) is 6.19. The number of hydrogen-bond donors (Lipinski definition) is 1. The molecular weight excluding hydrogens is 280 g/mol. The molecule has 0 bridgehead atoms. The molecule has 0 saturated carbocycles. The van der Waals surface area contributed by atoms with Crippen molar-refractivity contribution in [2.75, 3.05) is 13.1 Å². The summed E-state index contributed by atoms with van der Waals surface area (Å²) in [5, 5.41) is 8.74. The minimum atomic E-state index is -0.420.